The number of benzene rings is 1. The standard InChI is InChI=1S/C12H14O3/c1-3-15-12(14)9(2)8-10-4-6-11(13)7-5-10/h4-8,13H,3H2,1-2H3. The van der Waals surface area contributed by atoms with E-state index in [1.807, 2.05) is 0 Å². The number of phenols is 1. The van der Waals surface area contributed by atoms with E-state index in [0.29, 0.717) is 12.2 Å². The summed E-state index contributed by atoms with van der Waals surface area (Å²) >= 11 is 0. The van der Waals surface area contributed by atoms with E-state index in [2.05, 4.69) is 0 Å². The van der Waals surface area contributed by atoms with Gasteiger partial charge in [-0.1, -0.05) is 12.1 Å². The lowest BCUT2D eigenvalue weighted by Crippen LogP contribution is -2.04. The van der Waals surface area contributed by atoms with Crippen molar-refractivity contribution < 1.29 is 14.6 Å². The van der Waals surface area contributed by atoms with Crippen LogP contribution in [0.5, 0.6) is 5.75 Å². The third-order valence-corrected chi connectivity index (χ3v) is 1.87. The third-order valence-electron chi connectivity index (χ3n) is 1.87. The van der Waals surface area contributed by atoms with E-state index < -0.39 is 0 Å². The first-order valence-electron chi connectivity index (χ1n) is 4.78. The summed E-state index contributed by atoms with van der Waals surface area (Å²) in [5, 5.41) is 9.07. The van der Waals surface area contributed by atoms with Gasteiger partial charge in [0.2, 0.25) is 0 Å². The molecule has 0 saturated heterocycles. The number of hydrogen-bond acceptors (Lipinski definition) is 3. The lowest BCUT2D eigenvalue weighted by Gasteiger charge is -2.01. The van der Waals surface area contributed by atoms with E-state index in [9.17, 15) is 4.79 Å². The maximum Gasteiger partial charge on any atom is 0.333 e. The van der Waals surface area contributed by atoms with Gasteiger partial charge in [0, 0.05) is 5.57 Å². The molecule has 0 bridgehead atoms. The van der Waals surface area contributed by atoms with Crippen molar-refractivity contribution in [2.75, 3.05) is 6.61 Å². The van der Waals surface area contributed by atoms with Crippen LogP contribution in [-0.2, 0) is 9.53 Å². The molecule has 3 heteroatoms. The molecule has 0 aliphatic rings. The second-order valence-electron chi connectivity index (χ2n) is 3.14. The number of ether oxygens (including phenoxy) is 1. The van der Waals surface area contributed by atoms with Crippen molar-refractivity contribution >= 4 is 12.0 Å². The Balaban J connectivity index is 2.78. The molecule has 1 rings (SSSR count). The van der Waals surface area contributed by atoms with E-state index in [1.165, 1.54) is 0 Å². The van der Waals surface area contributed by atoms with Crippen LogP contribution in [0.2, 0.25) is 0 Å². The van der Waals surface area contributed by atoms with Gasteiger partial charge in [0.05, 0.1) is 6.61 Å². The first-order valence-corrected chi connectivity index (χ1v) is 4.78. The Kier molecular flexibility index (Phi) is 3.92. The summed E-state index contributed by atoms with van der Waals surface area (Å²) in [6, 6.07) is 6.62. The van der Waals surface area contributed by atoms with E-state index in [1.54, 1.807) is 44.2 Å². The maximum atomic E-state index is 11.3. The Bertz CT molecular complexity index is 363. The summed E-state index contributed by atoms with van der Waals surface area (Å²) in [6.07, 6.45) is 1.72. The highest BCUT2D eigenvalue weighted by molar-refractivity contribution is 5.92. The summed E-state index contributed by atoms with van der Waals surface area (Å²) in [5.74, 6) is -0.105. The van der Waals surface area contributed by atoms with Crippen molar-refractivity contribution in [2.45, 2.75) is 13.8 Å². The van der Waals surface area contributed by atoms with Crippen molar-refractivity contribution in [2.24, 2.45) is 0 Å². The molecule has 0 fully saturated rings. The first-order chi connectivity index (χ1) is 7.13. The Hall–Kier alpha value is -1.77. The van der Waals surface area contributed by atoms with Gasteiger partial charge in [0.15, 0.2) is 0 Å². The molecule has 0 amide bonds. The highest BCUT2D eigenvalue weighted by Crippen LogP contribution is 2.13. The second kappa shape index (κ2) is 5.20. The molecule has 3 nitrogen and oxygen atoms in total. The van der Waals surface area contributed by atoms with Gasteiger partial charge in [0.1, 0.15) is 5.75 Å². The molecule has 0 aliphatic heterocycles. The first kappa shape index (κ1) is 11.3. The minimum absolute atomic E-state index is 0.209. The average molecular weight is 206 g/mol. The zero-order chi connectivity index (χ0) is 11.3. The van der Waals surface area contributed by atoms with Crippen LogP contribution in [0.1, 0.15) is 19.4 Å². The number of carbonyl (C=O) groups excluding carboxylic acids is 1. The van der Waals surface area contributed by atoms with Gasteiger partial charge in [-0.15, -0.1) is 0 Å². The molecule has 1 aromatic rings. The van der Waals surface area contributed by atoms with Gasteiger partial charge in [-0.05, 0) is 37.6 Å². The van der Waals surface area contributed by atoms with Crippen molar-refractivity contribution in [3.05, 3.63) is 35.4 Å². The normalized spacial score (nSPS) is 11.2. The Morgan fingerprint density at radius 1 is 1.40 bits per heavy atom. The van der Waals surface area contributed by atoms with Crippen LogP contribution in [0.25, 0.3) is 6.08 Å². The second-order valence-corrected chi connectivity index (χ2v) is 3.14. The van der Waals surface area contributed by atoms with Crippen LogP contribution in [-0.4, -0.2) is 17.7 Å². The van der Waals surface area contributed by atoms with Crippen molar-refractivity contribution in [3.63, 3.8) is 0 Å². The van der Waals surface area contributed by atoms with Crippen LogP contribution < -0.4 is 0 Å². The number of aromatic hydroxyl groups is 1. The fourth-order valence-electron chi connectivity index (χ4n) is 1.12. The molecule has 0 radical (unpaired) electrons. The van der Waals surface area contributed by atoms with Gasteiger partial charge >= 0.3 is 5.97 Å². The largest absolute Gasteiger partial charge is 0.508 e. The van der Waals surface area contributed by atoms with E-state index in [-0.39, 0.29) is 11.7 Å². The van der Waals surface area contributed by atoms with Gasteiger partial charge < -0.3 is 9.84 Å². The summed E-state index contributed by atoms with van der Waals surface area (Å²) < 4.78 is 4.84. The van der Waals surface area contributed by atoms with Gasteiger partial charge in [-0.25, -0.2) is 4.79 Å². The predicted octanol–water partition coefficient (Wildman–Crippen LogP) is 2.36. The molecule has 0 aromatic heterocycles. The van der Waals surface area contributed by atoms with Gasteiger partial charge in [0.25, 0.3) is 0 Å². The molecule has 1 aromatic carbocycles. The zero-order valence-electron chi connectivity index (χ0n) is 8.86. The molecule has 0 aliphatic carbocycles. The topological polar surface area (TPSA) is 46.5 Å². The summed E-state index contributed by atoms with van der Waals surface area (Å²) in [6.45, 7) is 3.84. The number of phenolic OH excluding ortho intramolecular Hbond substituents is 1. The molecular weight excluding hydrogens is 192 g/mol. The molecule has 0 heterocycles. The minimum atomic E-state index is -0.314. The molecule has 0 unspecified atom stereocenters. The number of hydrogen-bond donors (Lipinski definition) is 1. The predicted molar refractivity (Wildman–Crippen MR) is 58.4 cm³/mol. The third kappa shape index (κ3) is 3.46. The van der Waals surface area contributed by atoms with E-state index in [4.69, 9.17) is 9.84 Å². The van der Waals surface area contributed by atoms with E-state index in [0.717, 1.165) is 5.56 Å². The van der Waals surface area contributed by atoms with Gasteiger partial charge in [-0.2, -0.15) is 0 Å². The molecular formula is C12H14O3. The zero-order valence-corrected chi connectivity index (χ0v) is 8.86. The Morgan fingerprint density at radius 3 is 2.53 bits per heavy atom. The Morgan fingerprint density at radius 2 is 2.00 bits per heavy atom. The lowest BCUT2D eigenvalue weighted by atomic mass is 10.1. The van der Waals surface area contributed by atoms with Crippen LogP contribution in [0.15, 0.2) is 29.8 Å². The molecule has 0 spiro atoms. The minimum Gasteiger partial charge on any atom is -0.508 e. The fourth-order valence-corrected chi connectivity index (χ4v) is 1.12. The number of rotatable bonds is 3. The smallest absolute Gasteiger partial charge is 0.333 e. The summed E-state index contributed by atoms with van der Waals surface area (Å²) in [4.78, 5) is 11.3. The van der Waals surface area contributed by atoms with Crippen LogP contribution in [0, 0.1) is 0 Å². The Labute approximate surface area is 89.0 Å². The molecule has 80 valence electrons. The SMILES string of the molecule is CCOC(=O)C(C)=Cc1ccc(O)cc1. The number of esters is 1. The summed E-state index contributed by atoms with van der Waals surface area (Å²) in [7, 11) is 0. The van der Waals surface area contributed by atoms with Gasteiger partial charge in [-0.3, -0.25) is 0 Å². The van der Waals surface area contributed by atoms with Crippen molar-refractivity contribution in [1.29, 1.82) is 0 Å². The van der Waals surface area contributed by atoms with Crippen LogP contribution in [0.4, 0.5) is 0 Å². The number of carbonyl (C=O) groups is 1. The highest BCUT2D eigenvalue weighted by atomic mass is 16.5. The molecule has 0 saturated carbocycles. The van der Waals surface area contributed by atoms with Crippen molar-refractivity contribution in [1.82, 2.24) is 0 Å². The van der Waals surface area contributed by atoms with Crippen LogP contribution >= 0.6 is 0 Å². The summed E-state index contributed by atoms with van der Waals surface area (Å²) in [5.41, 5.74) is 1.40. The average Bonchev–Trinajstić information content (AvgIpc) is 2.22. The highest BCUT2D eigenvalue weighted by Gasteiger charge is 2.03. The van der Waals surface area contributed by atoms with E-state index >= 15 is 0 Å². The fraction of sp³-hybridized carbons (Fsp3) is 0.250. The molecule has 0 atom stereocenters. The molecule has 1 N–H and O–H groups in total. The van der Waals surface area contributed by atoms with Crippen molar-refractivity contribution in [3.8, 4) is 5.75 Å². The van der Waals surface area contributed by atoms with Crippen LogP contribution in [0.3, 0.4) is 0 Å². The molecule has 15 heavy (non-hydrogen) atoms. The lowest BCUT2D eigenvalue weighted by molar-refractivity contribution is -0.138. The maximum absolute atomic E-state index is 11.3. The monoisotopic (exact) mass is 206 g/mol. The quantitative estimate of drug-likeness (QED) is 0.610.